The molecule has 142 valence electrons. The van der Waals surface area contributed by atoms with E-state index in [9.17, 15) is 13.2 Å². The molecule has 0 aliphatic carbocycles. The summed E-state index contributed by atoms with van der Waals surface area (Å²) in [6.45, 7) is 2.90. The molecular formula is C17H19N5O4S. The Kier molecular flexibility index (Phi) is 5.10. The van der Waals surface area contributed by atoms with E-state index in [2.05, 4.69) is 20.2 Å². The van der Waals surface area contributed by atoms with E-state index in [-0.39, 0.29) is 28.9 Å². The highest BCUT2D eigenvalue weighted by Crippen LogP contribution is 2.23. The van der Waals surface area contributed by atoms with Gasteiger partial charge in [-0.1, -0.05) is 11.2 Å². The number of aromatic nitrogens is 3. The van der Waals surface area contributed by atoms with Crippen LogP contribution in [0.25, 0.3) is 11.5 Å². The summed E-state index contributed by atoms with van der Waals surface area (Å²) in [4.78, 5) is 15.5. The molecule has 9 nitrogen and oxygen atoms in total. The van der Waals surface area contributed by atoms with Crippen LogP contribution in [0.1, 0.15) is 18.4 Å². The second kappa shape index (κ2) is 7.33. The van der Waals surface area contributed by atoms with Gasteiger partial charge in [0.15, 0.2) is 0 Å². The molecule has 1 aromatic carbocycles. The van der Waals surface area contributed by atoms with Gasteiger partial charge in [0.05, 0.1) is 17.9 Å². The third kappa shape index (κ3) is 4.23. The molecule has 0 radical (unpaired) electrons. The molecular weight excluding hydrogens is 370 g/mol. The topological polar surface area (TPSA) is 119 Å². The van der Waals surface area contributed by atoms with Crippen molar-refractivity contribution < 1.29 is 17.7 Å². The van der Waals surface area contributed by atoms with Crippen molar-refractivity contribution in [3.8, 4) is 11.5 Å². The average molecular weight is 389 g/mol. The number of hydrogen-bond acceptors (Lipinski definition) is 6. The number of rotatable bonds is 6. The quantitative estimate of drug-likeness (QED) is 0.664. The van der Waals surface area contributed by atoms with Crippen LogP contribution in [0, 0.1) is 6.92 Å². The fourth-order valence-corrected chi connectivity index (χ4v) is 3.72. The SMILES string of the molecule is CC(=O)Nc1ccc(C)cc1S(=O)(=O)NCc1nc(-c2cccn2C)no1. The minimum atomic E-state index is -3.91. The minimum Gasteiger partial charge on any atom is -0.348 e. The summed E-state index contributed by atoms with van der Waals surface area (Å²) in [5.74, 6) is 0.133. The van der Waals surface area contributed by atoms with Gasteiger partial charge in [-0.05, 0) is 36.8 Å². The van der Waals surface area contributed by atoms with Gasteiger partial charge < -0.3 is 14.4 Å². The van der Waals surface area contributed by atoms with Crippen LogP contribution in [0.3, 0.4) is 0 Å². The number of carbonyl (C=O) groups excluding carboxylic acids is 1. The van der Waals surface area contributed by atoms with E-state index in [0.717, 1.165) is 11.3 Å². The van der Waals surface area contributed by atoms with E-state index in [1.54, 1.807) is 19.1 Å². The van der Waals surface area contributed by atoms with Crippen molar-refractivity contribution in [1.82, 2.24) is 19.4 Å². The molecule has 0 fully saturated rings. The molecule has 0 aliphatic heterocycles. The summed E-state index contributed by atoms with van der Waals surface area (Å²) in [5.41, 5.74) is 1.70. The van der Waals surface area contributed by atoms with Crippen LogP contribution >= 0.6 is 0 Å². The van der Waals surface area contributed by atoms with E-state index in [0.29, 0.717) is 5.82 Å². The van der Waals surface area contributed by atoms with Gasteiger partial charge in [-0.25, -0.2) is 13.1 Å². The van der Waals surface area contributed by atoms with Gasteiger partial charge in [-0.15, -0.1) is 0 Å². The third-order valence-electron chi connectivity index (χ3n) is 3.79. The van der Waals surface area contributed by atoms with Crippen LogP contribution in [0.5, 0.6) is 0 Å². The molecule has 3 rings (SSSR count). The fourth-order valence-electron chi connectivity index (χ4n) is 2.50. The normalized spacial score (nSPS) is 11.5. The van der Waals surface area contributed by atoms with Gasteiger partial charge in [-0.3, -0.25) is 4.79 Å². The first-order valence-corrected chi connectivity index (χ1v) is 9.57. The Hall–Kier alpha value is -2.98. The smallest absolute Gasteiger partial charge is 0.243 e. The summed E-state index contributed by atoms with van der Waals surface area (Å²) in [6, 6.07) is 8.41. The van der Waals surface area contributed by atoms with Crippen LogP contribution in [0.4, 0.5) is 5.69 Å². The lowest BCUT2D eigenvalue weighted by molar-refractivity contribution is -0.114. The number of amides is 1. The van der Waals surface area contributed by atoms with E-state index in [4.69, 9.17) is 4.52 Å². The Morgan fingerprint density at radius 2 is 2.07 bits per heavy atom. The summed E-state index contributed by atoms with van der Waals surface area (Å²) < 4.78 is 34.8. The van der Waals surface area contributed by atoms with Crippen LogP contribution in [0.15, 0.2) is 45.9 Å². The largest absolute Gasteiger partial charge is 0.348 e. The van der Waals surface area contributed by atoms with Crippen LogP contribution in [-0.2, 0) is 28.4 Å². The number of carbonyl (C=O) groups is 1. The number of anilines is 1. The second-order valence-corrected chi connectivity index (χ2v) is 7.76. The lowest BCUT2D eigenvalue weighted by Crippen LogP contribution is -2.25. The predicted octanol–water partition coefficient (Wildman–Crippen LogP) is 1.82. The highest BCUT2D eigenvalue weighted by molar-refractivity contribution is 7.89. The molecule has 0 aliphatic rings. The zero-order valence-corrected chi connectivity index (χ0v) is 15.9. The lowest BCUT2D eigenvalue weighted by atomic mass is 10.2. The van der Waals surface area contributed by atoms with Gasteiger partial charge in [0.25, 0.3) is 0 Å². The summed E-state index contributed by atoms with van der Waals surface area (Å²) in [7, 11) is -2.07. The van der Waals surface area contributed by atoms with Crippen LogP contribution in [0.2, 0.25) is 0 Å². The Labute approximate surface area is 156 Å². The number of sulfonamides is 1. The summed E-state index contributed by atoms with van der Waals surface area (Å²) in [6.07, 6.45) is 1.84. The van der Waals surface area contributed by atoms with Crippen LogP contribution < -0.4 is 10.0 Å². The first-order chi connectivity index (χ1) is 12.8. The van der Waals surface area contributed by atoms with Crippen molar-refractivity contribution in [3.05, 3.63) is 48.0 Å². The fraction of sp³-hybridized carbons (Fsp3) is 0.235. The molecule has 0 atom stereocenters. The molecule has 1 amide bonds. The van der Waals surface area contributed by atoms with Gasteiger partial charge in [-0.2, -0.15) is 4.98 Å². The lowest BCUT2D eigenvalue weighted by Gasteiger charge is -2.12. The van der Waals surface area contributed by atoms with Gasteiger partial charge in [0.1, 0.15) is 4.90 Å². The average Bonchev–Trinajstić information content (AvgIpc) is 3.22. The molecule has 27 heavy (non-hydrogen) atoms. The number of nitrogens with zero attached hydrogens (tertiary/aromatic N) is 3. The molecule has 2 heterocycles. The van der Waals surface area contributed by atoms with E-state index < -0.39 is 10.0 Å². The van der Waals surface area contributed by atoms with Crippen molar-refractivity contribution >= 4 is 21.6 Å². The van der Waals surface area contributed by atoms with E-state index in [1.165, 1.54) is 13.0 Å². The Morgan fingerprint density at radius 1 is 1.30 bits per heavy atom. The van der Waals surface area contributed by atoms with Gasteiger partial charge in [0, 0.05) is 20.2 Å². The van der Waals surface area contributed by atoms with Gasteiger partial charge in [0.2, 0.25) is 27.6 Å². The molecule has 10 heteroatoms. The molecule has 0 saturated carbocycles. The number of aryl methyl sites for hydroxylation is 2. The highest BCUT2D eigenvalue weighted by atomic mass is 32.2. The van der Waals surface area contributed by atoms with Crippen molar-refractivity contribution in [2.45, 2.75) is 25.3 Å². The molecule has 0 bridgehead atoms. The molecule has 0 spiro atoms. The minimum absolute atomic E-state index is 0.0279. The van der Waals surface area contributed by atoms with E-state index in [1.807, 2.05) is 29.9 Å². The van der Waals surface area contributed by atoms with Crippen molar-refractivity contribution in [2.24, 2.45) is 7.05 Å². The Balaban J connectivity index is 1.80. The first-order valence-electron chi connectivity index (χ1n) is 8.08. The zero-order valence-electron chi connectivity index (χ0n) is 15.1. The molecule has 3 aromatic rings. The van der Waals surface area contributed by atoms with Crippen molar-refractivity contribution in [3.63, 3.8) is 0 Å². The third-order valence-corrected chi connectivity index (χ3v) is 5.23. The molecule has 0 saturated heterocycles. The van der Waals surface area contributed by atoms with Gasteiger partial charge >= 0.3 is 0 Å². The summed E-state index contributed by atoms with van der Waals surface area (Å²) in [5, 5.41) is 6.39. The van der Waals surface area contributed by atoms with E-state index >= 15 is 0 Å². The maximum Gasteiger partial charge on any atom is 0.243 e. The molecule has 2 aromatic heterocycles. The van der Waals surface area contributed by atoms with Crippen molar-refractivity contribution in [2.75, 3.05) is 5.32 Å². The number of benzene rings is 1. The Morgan fingerprint density at radius 3 is 2.74 bits per heavy atom. The molecule has 0 unspecified atom stereocenters. The Bertz CT molecular complexity index is 1080. The predicted molar refractivity (Wildman–Crippen MR) is 98.2 cm³/mol. The maximum atomic E-state index is 12.7. The second-order valence-electron chi connectivity index (χ2n) is 6.02. The number of hydrogen-bond donors (Lipinski definition) is 2. The summed E-state index contributed by atoms with van der Waals surface area (Å²) >= 11 is 0. The first kappa shape index (κ1) is 18.8. The monoisotopic (exact) mass is 389 g/mol. The maximum absolute atomic E-state index is 12.7. The number of nitrogens with one attached hydrogen (secondary N) is 2. The molecule has 2 N–H and O–H groups in total. The zero-order chi connectivity index (χ0) is 19.6. The highest BCUT2D eigenvalue weighted by Gasteiger charge is 2.21. The van der Waals surface area contributed by atoms with Crippen molar-refractivity contribution in [1.29, 1.82) is 0 Å². The standard InChI is InChI=1S/C17H19N5O4S/c1-11-6-7-13(19-12(2)23)15(9-11)27(24,25)18-10-16-20-17(21-26-16)14-5-4-8-22(14)3/h4-9,18H,10H2,1-3H3,(H,19,23). The van der Waals surface area contributed by atoms with Crippen LogP contribution in [-0.4, -0.2) is 29.0 Å².